The Kier molecular flexibility index (Phi) is 3.75. The van der Waals surface area contributed by atoms with Crippen LogP contribution >= 0.6 is 11.3 Å². The second-order valence-electron chi connectivity index (χ2n) is 4.92. The molecule has 1 aliphatic heterocycles. The van der Waals surface area contributed by atoms with Gasteiger partial charge < -0.3 is 10.6 Å². The van der Waals surface area contributed by atoms with E-state index in [4.69, 9.17) is 5.73 Å². The van der Waals surface area contributed by atoms with Crippen LogP contribution in [-0.2, 0) is 0 Å². The monoisotopic (exact) mass is 274 g/mol. The summed E-state index contributed by atoms with van der Waals surface area (Å²) in [5, 5.41) is 10.7. The lowest BCUT2D eigenvalue weighted by Gasteiger charge is -2.31. The first-order valence-corrected chi connectivity index (χ1v) is 7.57. The summed E-state index contributed by atoms with van der Waals surface area (Å²) in [4.78, 5) is 3.47. The van der Waals surface area contributed by atoms with Crippen LogP contribution < -0.4 is 10.6 Å². The third-order valence-corrected chi connectivity index (χ3v) is 4.59. The van der Waals surface area contributed by atoms with Gasteiger partial charge in [0.2, 0.25) is 0 Å². The minimum Gasteiger partial charge on any atom is -0.355 e. The SMILES string of the molecule is NCC1CCN(c2ccc(-c3cccs3)nn2)CC1. The molecule has 3 heterocycles. The molecular formula is C14H18N4S. The fourth-order valence-corrected chi connectivity index (χ4v) is 3.14. The molecule has 0 aromatic carbocycles. The van der Waals surface area contributed by atoms with Gasteiger partial charge in [0.05, 0.1) is 4.88 Å². The summed E-state index contributed by atoms with van der Waals surface area (Å²) in [6.07, 6.45) is 2.32. The highest BCUT2D eigenvalue weighted by Crippen LogP contribution is 2.25. The Morgan fingerprint density at radius 1 is 1.21 bits per heavy atom. The highest BCUT2D eigenvalue weighted by atomic mass is 32.1. The number of rotatable bonds is 3. The molecular weight excluding hydrogens is 256 g/mol. The molecule has 0 aliphatic carbocycles. The molecule has 2 aromatic rings. The number of piperidine rings is 1. The molecule has 1 saturated heterocycles. The summed E-state index contributed by atoms with van der Waals surface area (Å²) in [5.41, 5.74) is 6.67. The van der Waals surface area contributed by atoms with Gasteiger partial charge in [-0.05, 0) is 48.9 Å². The molecule has 1 aliphatic rings. The third-order valence-electron chi connectivity index (χ3n) is 3.70. The summed E-state index contributed by atoms with van der Waals surface area (Å²) in [7, 11) is 0. The maximum absolute atomic E-state index is 5.72. The van der Waals surface area contributed by atoms with Crippen LogP contribution in [-0.4, -0.2) is 29.8 Å². The zero-order chi connectivity index (χ0) is 13.1. The molecule has 19 heavy (non-hydrogen) atoms. The van der Waals surface area contributed by atoms with Gasteiger partial charge in [-0.3, -0.25) is 0 Å². The molecule has 0 saturated carbocycles. The van der Waals surface area contributed by atoms with Crippen molar-refractivity contribution < 1.29 is 0 Å². The average Bonchev–Trinajstić information content (AvgIpc) is 3.02. The van der Waals surface area contributed by atoms with Crippen molar-refractivity contribution in [3.05, 3.63) is 29.6 Å². The maximum atomic E-state index is 5.72. The Balaban J connectivity index is 1.70. The fraction of sp³-hybridized carbons (Fsp3) is 0.429. The largest absolute Gasteiger partial charge is 0.355 e. The van der Waals surface area contributed by atoms with E-state index in [0.29, 0.717) is 5.92 Å². The van der Waals surface area contributed by atoms with Gasteiger partial charge in [-0.25, -0.2) is 0 Å². The lowest BCUT2D eigenvalue weighted by Crippen LogP contribution is -2.36. The molecule has 0 radical (unpaired) electrons. The number of anilines is 1. The first-order valence-electron chi connectivity index (χ1n) is 6.69. The minimum absolute atomic E-state index is 0.676. The van der Waals surface area contributed by atoms with Crippen molar-refractivity contribution in [1.82, 2.24) is 10.2 Å². The van der Waals surface area contributed by atoms with Crippen LogP contribution in [0.4, 0.5) is 5.82 Å². The van der Waals surface area contributed by atoms with E-state index < -0.39 is 0 Å². The molecule has 0 spiro atoms. The van der Waals surface area contributed by atoms with E-state index >= 15 is 0 Å². The van der Waals surface area contributed by atoms with Gasteiger partial charge in [0.25, 0.3) is 0 Å². The molecule has 0 atom stereocenters. The van der Waals surface area contributed by atoms with Crippen LogP contribution in [0.1, 0.15) is 12.8 Å². The maximum Gasteiger partial charge on any atom is 0.151 e. The number of nitrogens with two attached hydrogens (primary N) is 1. The van der Waals surface area contributed by atoms with E-state index in [-0.39, 0.29) is 0 Å². The minimum atomic E-state index is 0.676. The van der Waals surface area contributed by atoms with E-state index in [1.165, 1.54) is 4.88 Å². The first-order chi connectivity index (χ1) is 9.36. The van der Waals surface area contributed by atoms with Crippen molar-refractivity contribution in [1.29, 1.82) is 0 Å². The number of aromatic nitrogens is 2. The topological polar surface area (TPSA) is 55.0 Å². The van der Waals surface area contributed by atoms with Crippen LogP contribution in [0.15, 0.2) is 29.6 Å². The average molecular weight is 274 g/mol. The molecule has 2 N–H and O–H groups in total. The number of thiophene rings is 1. The molecule has 2 aromatic heterocycles. The Labute approximate surface area is 117 Å². The van der Waals surface area contributed by atoms with Gasteiger partial charge in [-0.1, -0.05) is 6.07 Å². The van der Waals surface area contributed by atoms with Crippen LogP contribution in [0.2, 0.25) is 0 Å². The van der Waals surface area contributed by atoms with Gasteiger partial charge in [0.1, 0.15) is 5.69 Å². The van der Waals surface area contributed by atoms with Crippen LogP contribution in [0, 0.1) is 5.92 Å². The molecule has 0 bridgehead atoms. The smallest absolute Gasteiger partial charge is 0.151 e. The standard InChI is InChI=1S/C14H18N4S/c15-10-11-5-7-18(8-6-11)14-4-3-12(16-17-14)13-2-1-9-19-13/h1-4,9,11H,5-8,10,15H2. The van der Waals surface area contributed by atoms with E-state index in [2.05, 4.69) is 38.7 Å². The van der Waals surface area contributed by atoms with Crippen molar-refractivity contribution in [3.63, 3.8) is 0 Å². The Morgan fingerprint density at radius 3 is 2.63 bits per heavy atom. The normalized spacial score (nSPS) is 16.8. The van der Waals surface area contributed by atoms with Gasteiger partial charge in [-0.15, -0.1) is 21.5 Å². The molecule has 0 amide bonds. The summed E-state index contributed by atoms with van der Waals surface area (Å²) >= 11 is 1.69. The lowest BCUT2D eigenvalue weighted by molar-refractivity contribution is 0.412. The van der Waals surface area contributed by atoms with Crippen LogP contribution in [0.25, 0.3) is 10.6 Å². The predicted octanol–water partition coefficient (Wildman–Crippen LogP) is 2.38. The highest BCUT2D eigenvalue weighted by molar-refractivity contribution is 7.13. The third kappa shape index (κ3) is 2.77. The van der Waals surface area contributed by atoms with Crippen molar-refractivity contribution in [2.75, 3.05) is 24.5 Å². The predicted molar refractivity (Wildman–Crippen MR) is 79.3 cm³/mol. The molecule has 100 valence electrons. The van der Waals surface area contributed by atoms with Crippen molar-refractivity contribution in [2.24, 2.45) is 11.7 Å². The van der Waals surface area contributed by atoms with Gasteiger partial charge in [0.15, 0.2) is 5.82 Å². The summed E-state index contributed by atoms with van der Waals surface area (Å²) < 4.78 is 0. The fourth-order valence-electron chi connectivity index (χ4n) is 2.45. The zero-order valence-corrected chi connectivity index (χ0v) is 11.6. The number of nitrogens with zero attached hydrogens (tertiary/aromatic N) is 3. The number of hydrogen-bond acceptors (Lipinski definition) is 5. The molecule has 5 heteroatoms. The Morgan fingerprint density at radius 2 is 2.05 bits per heavy atom. The molecule has 3 rings (SSSR count). The first kappa shape index (κ1) is 12.6. The lowest BCUT2D eigenvalue weighted by atomic mass is 9.97. The van der Waals surface area contributed by atoms with E-state index in [1.54, 1.807) is 11.3 Å². The Hall–Kier alpha value is -1.46. The van der Waals surface area contributed by atoms with E-state index in [1.807, 2.05) is 6.07 Å². The quantitative estimate of drug-likeness (QED) is 0.933. The second kappa shape index (κ2) is 5.67. The summed E-state index contributed by atoms with van der Waals surface area (Å²) in [5.74, 6) is 1.66. The summed E-state index contributed by atoms with van der Waals surface area (Å²) in [6.45, 7) is 2.88. The molecule has 0 unspecified atom stereocenters. The molecule has 1 fully saturated rings. The number of hydrogen-bond donors (Lipinski definition) is 1. The van der Waals surface area contributed by atoms with Gasteiger partial charge in [-0.2, -0.15) is 0 Å². The van der Waals surface area contributed by atoms with E-state index in [0.717, 1.165) is 44.0 Å². The van der Waals surface area contributed by atoms with Crippen molar-refractivity contribution >= 4 is 17.2 Å². The van der Waals surface area contributed by atoms with Crippen LogP contribution in [0.3, 0.4) is 0 Å². The highest BCUT2D eigenvalue weighted by Gasteiger charge is 2.19. The van der Waals surface area contributed by atoms with E-state index in [9.17, 15) is 0 Å². The summed E-state index contributed by atoms with van der Waals surface area (Å²) in [6, 6.07) is 8.24. The van der Waals surface area contributed by atoms with Crippen molar-refractivity contribution in [2.45, 2.75) is 12.8 Å². The van der Waals surface area contributed by atoms with Crippen LogP contribution in [0.5, 0.6) is 0 Å². The second-order valence-corrected chi connectivity index (χ2v) is 5.87. The van der Waals surface area contributed by atoms with Gasteiger partial charge in [0, 0.05) is 13.1 Å². The zero-order valence-electron chi connectivity index (χ0n) is 10.8. The van der Waals surface area contributed by atoms with Crippen molar-refractivity contribution in [3.8, 4) is 10.6 Å². The Bertz CT molecular complexity index is 501. The molecule has 4 nitrogen and oxygen atoms in total. The van der Waals surface area contributed by atoms with Gasteiger partial charge >= 0.3 is 0 Å².